The lowest BCUT2D eigenvalue weighted by atomic mass is 10.1. The zero-order valence-corrected chi connectivity index (χ0v) is 13.7. The van der Waals surface area contributed by atoms with Crippen molar-refractivity contribution in [2.45, 2.75) is 13.5 Å². The summed E-state index contributed by atoms with van der Waals surface area (Å²) in [5.74, 6) is 0.935. The third-order valence-electron chi connectivity index (χ3n) is 3.30. The monoisotopic (exact) mass is 323 g/mol. The first-order valence-corrected chi connectivity index (χ1v) is 7.04. The maximum atomic E-state index is 12.3. The van der Waals surface area contributed by atoms with Gasteiger partial charge in [-0.25, -0.2) is 0 Å². The van der Waals surface area contributed by atoms with E-state index in [0.717, 1.165) is 5.56 Å². The summed E-state index contributed by atoms with van der Waals surface area (Å²) in [5.41, 5.74) is 1.78. The first-order chi connectivity index (χ1) is 10.5. The lowest BCUT2D eigenvalue weighted by molar-refractivity contribution is 0.0950. The van der Waals surface area contributed by atoms with Crippen LogP contribution in [0.25, 0.3) is 0 Å². The van der Waals surface area contributed by atoms with Crippen LogP contribution in [0.3, 0.4) is 0 Å². The zero-order chi connectivity index (χ0) is 16.3. The molecule has 2 rings (SSSR count). The third kappa shape index (κ3) is 3.01. The molecule has 0 radical (unpaired) electrons. The Kier molecular flexibility index (Phi) is 4.92. The van der Waals surface area contributed by atoms with Gasteiger partial charge in [0.05, 0.1) is 25.5 Å². The minimum Gasteiger partial charge on any atom is -0.493 e. The summed E-state index contributed by atoms with van der Waals surface area (Å²) in [6.07, 6.45) is 0. The Bertz CT molecular complexity index is 698. The van der Waals surface area contributed by atoms with Crippen molar-refractivity contribution in [2.75, 3.05) is 14.2 Å². The van der Waals surface area contributed by atoms with Gasteiger partial charge in [0.25, 0.3) is 5.91 Å². The summed E-state index contributed by atoms with van der Waals surface area (Å²) in [5, 5.41) is 7.26. The molecule has 2 aromatic rings. The highest BCUT2D eigenvalue weighted by Gasteiger charge is 2.19. The fraction of sp³-hybridized carbons (Fsp3) is 0.333. The number of para-hydroxylation sites is 1. The molecule has 22 heavy (non-hydrogen) atoms. The molecule has 0 unspecified atom stereocenters. The number of aryl methyl sites for hydroxylation is 2. The van der Waals surface area contributed by atoms with Crippen LogP contribution in [0.4, 0.5) is 0 Å². The van der Waals surface area contributed by atoms with E-state index in [0.29, 0.717) is 34.5 Å². The number of carbonyl (C=O) groups is 1. The maximum Gasteiger partial charge on any atom is 0.256 e. The number of aromatic nitrogens is 2. The number of methoxy groups -OCH3 is 2. The first-order valence-electron chi connectivity index (χ1n) is 6.66. The number of hydrogen-bond donors (Lipinski definition) is 1. The summed E-state index contributed by atoms with van der Waals surface area (Å²) in [7, 11) is 4.82. The molecular formula is C15H18ClN3O3. The minimum atomic E-state index is -0.277. The van der Waals surface area contributed by atoms with Crippen LogP contribution < -0.4 is 14.8 Å². The molecule has 0 aliphatic carbocycles. The summed E-state index contributed by atoms with van der Waals surface area (Å²) >= 11 is 6.09. The molecular weight excluding hydrogens is 306 g/mol. The van der Waals surface area contributed by atoms with Gasteiger partial charge in [-0.2, -0.15) is 5.10 Å². The SMILES string of the molecule is COc1cccc(CNC(=O)c2c(C)nn(C)c2Cl)c1OC. The minimum absolute atomic E-state index is 0.277. The molecule has 0 aliphatic rings. The van der Waals surface area contributed by atoms with Crippen molar-refractivity contribution in [3.63, 3.8) is 0 Å². The van der Waals surface area contributed by atoms with Crippen molar-refractivity contribution >= 4 is 17.5 Å². The van der Waals surface area contributed by atoms with Crippen LogP contribution in [0.1, 0.15) is 21.6 Å². The van der Waals surface area contributed by atoms with Crippen molar-refractivity contribution in [1.29, 1.82) is 0 Å². The molecule has 0 spiro atoms. The molecule has 1 amide bonds. The van der Waals surface area contributed by atoms with Crippen LogP contribution in [0, 0.1) is 6.92 Å². The molecule has 0 saturated carbocycles. The van der Waals surface area contributed by atoms with Crippen molar-refractivity contribution in [3.8, 4) is 11.5 Å². The number of amides is 1. The van der Waals surface area contributed by atoms with Gasteiger partial charge in [0.15, 0.2) is 11.5 Å². The topological polar surface area (TPSA) is 65.4 Å². The van der Waals surface area contributed by atoms with E-state index in [-0.39, 0.29) is 5.91 Å². The number of nitrogens with one attached hydrogen (secondary N) is 1. The van der Waals surface area contributed by atoms with E-state index in [2.05, 4.69) is 10.4 Å². The van der Waals surface area contributed by atoms with Crippen LogP contribution in [0.5, 0.6) is 11.5 Å². The summed E-state index contributed by atoms with van der Waals surface area (Å²) in [4.78, 5) is 12.3. The van der Waals surface area contributed by atoms with Crippen LogP contribution in [-0.4, -0.2) is 29.9 Å². The van der Waals surface area contributed by atoms with Gasteiger partial charge in [-0.1, -0.05) is 23.7 Å². The highest BCUT2D eigenvalue weighted by molar-refractivity contribution is 6.33. The number of halogens is 1. The molecule has 118 valence electrons. The number of rotatable bonds is 5. The fourth-order valence-electron chi connectivity index (χ4n) is 2.24. The average Bonchev–Trinajstić information content (AvgIpc) is 2.77. The molecule has 1 aromatic heterocycles. The molecule has 0 atom stereocenters. The highest BCUT2D eigenvalue weighted by Crippen LogP contribution is 2.30. The lowest BCUT2D eigenvalue weighted by Crippen LogP contribution is -2.23. The van der Waals surface area contributed by atoms with E-state index in [1.165, 1.54) is 4.68 Å². The fourth-order valence-corrected chi connectivity index (χ4v) is 2.51. The first kappa shape index (κ1) is 16.2. The molecule has 6 nitrogen and oxygen atoms in total. The predicted octanol–water partition coefficient (Wildman–Crippen LogP) is 2.33. The van der Waals surface area contributed by atoms with E-state index in [1.54, 1.807) is 34.3 Å². The Balaban J connectivity index is 2.18. The molecule has 7 heteroatoms. The Labute approximate surface area is 134 Å². The standard InChI is InChI=1S/C15H18ClN3O3/c1-9-12(14(16)19(2)18-9)15(20)17-8-10-6-5-7-11(21-3)13(10)22-4/h5-7H,8H2,1-4H3,(H,17,20). The number of nitrogens with zero attached hydrogens (tertiary/aromatic N) is 2. The molecule has 0 saturated heterocycles. The van der Waals surface area contributed by atoms with Crippen LogP contribution in [-0.2, 0) is 13.6 Å². The Hall–Kier alpha value is -2.21. The van der Waals surface area contributed by atoms with E-state index in [1.807, 2.05) is 12.1 Å². The summed E-state index contributed by atoms with van der Waals surface area (Å²) < 4.78 is 12.0. The van der Waals surface area contributed by atoms with Crippen LogP contribution in [0.2, 0.25) is 5.15 Å². The normalized spacial score (nSPS) is 10.4. The van der Waals surface area contributed by atoms with Crippen LogP contribution >= 0.6 is 11.6 Å². The number of benzene rings is 1. The maximum absolute atomic E-state index is 12.3. The van der Waals surface area contributed by atoms with Gasteiger partial charge in [0.2, 0.25) is 0 Å². The van der Waals surface area contributed by atoms with E-state index >= 15 is 0 Å². The Morgan fingerprint density at radius 2 is 2.09 bits per heavy atom. The highest BCUT2D eigenvalue weighted by atomic mass is 35.5. The zero-order valence-electron chi connectivity index (χ0n) is 12.9. The smallest absolute Gasteiger partial charge is 0.256 e. The largest absolute Gasteiger partial charge is 0.493 e. The van der Waals surface area contributed by atoms with Crippen molar-refractivity contribution in [1.82, 2.24) is 15.1 Å². The summed E-state index contributed by atoms with van der Waals surface area (Å²) in [6, 6.07) is 5.50. The van der Waals surface area contributed by atoms with E-state index in [4.69, 9.17) is 21.1 Å². The van der Waals surface area contributed by atoms with Gasteiger partial charge in [0, 0.05) is 19.2 Å². The second-order valence-electron chi connectivity index (χ2n) is 4.71. The molecule has 1 heterocycles. The third-order valence-corrected chi connectivity index (χ3v) is 3.74. The molecule has 0 fully saturated rings. The van der Waals surface area contributed by atoms with Crippen molar-refractivity contribution in [3.05, 3.63) is 40.2 Å². The van der Waals surface area contributed by atoms with Gasteiger partial charge in [-0.3, -0.25) is 9.48 Å². The quantitative estimate of drug-likeness (QED) is 0.917. The number of carbonyl (C=O) groups excluding carboxylic acids is 1. The second kappa shape index (κ2) is 6.70. The van der Waals surface area contributed by atoms with Gasteiger partial charge < -0.3 is 14.8 Å². The Morgan fingerprint density at radius 3 is 2.64 bits per heavy atom. The Morgan fingerprint density at radius 1 is 1.36 bits per heavy atom. The van der Waals surface area contributed by atoms with Gasteiger partial charge in [-0.15, -0.1) is 0 Å². The van der Waals surface area contributed by atoms with Gasteiger partial charge in [-0.05, 0) is 13.0 Å². The molecule has 1 N–H and O–H groups in total. The van der Waals surface area contributed by atoms with E-state index < -0.39 is 0 Å². The predicted molar refractivity (Wildman–Crippen MR) is 83.7 cm³/mol. The molecule has 1 aromatic carbocycles. The lowest BCUT2D eigenvalue weighted by Gasteiger charge is -2.13. The van der Waals surface area contributed by atoms with Gasteiger partial charge >= 0.3 is 0 Å². The van der Waals surface area contributed by atoms with Crippen molar-refractivity contribution in [2.24, 2.45) is 7.05 Å². The van der Waals surface area contributed by atoms with Gasteiger partial charge in [0.1, 0.15) is 5.15 Å². The second-order valence-corrected chi connectivity index (χ2v) is 5.07. The molecule has 0 aliphatic heterocycles. The number of hydrogen-bond acceptors (Lipinski definition) is 4. The van der Waals surface area contributed by atoms with Crippen LogP contribution in [0.15, 0.2) is 18.2 Å². The van der Waals surface area contributed by atoms with E-state index in [9.17, 15) is 4.79 Å². The average molecular weight is 324 g/mol. The number of ether oxygens (including phenoxy) is 2. The summed E-state index contributed by atoms with van der Waals surface area (Å²) in [6.45, 7) is 2.04. The van der Waals surface area contributed by atoms with Crippen molar-refractivity contribution < 1.29 is 14.3 Å². The molecule has 0 bridgehead atoms.